The summed E-state index contributed by atoms with van der Waals surface area (Å²) in [5.74, 6) is 0. The number of nitrogens with one attached hydrogen (secondary N) is 14. The normalized spacial score (nSPS) is 32.7. The van der Waals surface area contributed by atoms with E-state index in [1.807, 2.05) is 0 Å². The van der Waals surface area contributed by atoms with Gasteiger partial charge < -0.3 is 85.1 Å². The van der Waals surface area contributed by atoms with E-state index in [2.05, 4.69) is 149 Å². The third-order valence-electron chi connectivity index (χ3n) is 28.8. The zero-order valence-corrected chi connectivity index (χ0v) is 87.7. The molecule has 10 aliphatic carbocycles. The van der Waals surface area contributed by atoms with E-state index >= 15 is 0 Å². The molecule has 14 aliphatic rings. The number of rotatable bonds is 0. The number of halogens is 8. The molecule has 8 bridgehead atoms. The molecular weight excluding hydrogens is 1950 g/mol. The molecule has 4 aliphatic heterocycles. The van der Waals surface area contributed by atoms with Crippen LogP contribution in [0.3, 0.4) is 0 Å². The van der Waals surface area contributed by atoms with Gasteiger partial charge in [0.2, 0.25) is 0 Å². The van der Waals surface area contributed by atoms with Crippen LogP contribution in [0.15, 0.2) is 60.7 Å². The van der Waals surface area contributed by atoms with Crippen molar-refractivity contribution < 1.29 is 52.5 Å². The van der Waals surface area contributed by atoms with Crippen molar-refractivity contribution in [1.82, 2.24) is 94.4 Å². The molecule has 0 aromatic carbocycles. The van der Waals surface area contributed by atoms with Crippen LogP contribution in [0.4, 0.5) is 0 Å². The summed E-state index contributed by atoms with van der Waals surface area (Å²) < 4.78 is 0. The van der Waals surface area contributed by atoms with Crippen molar-refractivity contribution in [3.8, 4) is 0 Å². The van der Waals surface area contributed by atoms with Crippen molar-refractivity contribution in [2.45, 2.75) is 405 Å². The van der Waals surface area contributed by atoms with Gasteiger partial charge in [0.05, 0.1) is 34.2 Å². The van der Waals surface area contributed by atoms with Crippen LogP contribution in [0, 0.1) is 0 Å². The topological polar surface area (TPSA) is 248 Å². The number of fused-ring (bicyclic) bond motifs is 14. The number of hydrogen-bond donors (Lipinski definition) is 14. The van der Waals surface area contributed by atoms with Gasteiger partial charge in [-0.1, -0.05) is 178 Å². The number of nitrogens with zero attached hydrogens (tertiary/aromatic N) is 6. The van der Waals surface area contributed by atoms with Crippen molar-refractivity contribution in [3.63, 3.8) is 0 Å². The first-order valence-electron chi connectivity index (χ1n) is 48.1. The average Bonchev–Trinajstić information content (AvgIpc) is 0.861. The standard InChI is InChI=1S/C27H41N5.C23H39N5.2C21H35N5.8ClH.4Mn.2H2S/c1-3-11-22-20(9-1)28-15-16-29-21-10-2-4-12-23(21)31-25-14-6-8-19-17-18-7-5-13-24(30-22)26(18)32-27(19)25;1-16-18-12-7-13-19(28-18)17(2)27-23-11-6-4-9-21(23)25-15-14-24-20-8-3-5-10-22(20)26-16;2*1-3-10-20-18(8-1)22-12-13-23-19-9-2-4-11-21(19)25-15-17-7-5-6-16(26-17)14-24-20;;;;;;;;;;;;;;/h17,20-25,28-29H,1-16H2;7,12-13,16-17,20-27H,3-6,8-11,14-15H2,1-2H3;2*5-7,18-25H,1-4,8-15H2;8*1H;;;;;2*1H2/q-2;;;;;;;;;;;;4*+2;;/p-8/t20?,21?,22-,23-,24+,25+;16-,17-,20+,21?,22+,23+;18-,19?,20-,21-;18-,19-,20-,21-;;;;;;;;;;;;;;/m1010............../s1. The third-order valence-corrected chi connectivity index (χ3v) is 28.8. The van der Waals surface area contributed by atoms with Crippen LogP contribution in [-0.2, 0) is 91.6 Å². The van der Waals surface area contributed by atoms with E-state index in [-0.39, 0.29) is 91.6 Å². The van der Waals surface area contributed by atoms with E-state index in [1.165, 1.54) is 301 Å². The Morgan fingerprint density at radius 1 is 0.270 bits per heavy atom. The molecule has 14 N–H and O–H groups in total. The second-order valence-corrected chi connectivity index (χ2v) is 44.8. The molecule has 8 saturated carbocycles. The van der Waals surface area contributed by atoms with Crippen molar-refractivity contribution in [1.29, 1.82) is 0 Å². The molecule has 4 aromatic rings. The van der Waals surface area contributed by atoms with E-state index in [0.29, 0.717) is 109 Å². The molecule has 8 fully saturated rings. The minimum absolute atomic E-state index is 0. The van der Waals surface area contributed by atoms with E-state index in [1.54, 1.807) is 0 Å². The van der Waals surface area contributed by atoms with E-state index in [4.69, 9.17) is 111 Å². The van der Waals surface area contributed by atoms with Crippen molar-refractivity contribution >= 4 is 108 Å². The summed E-state index contributed by atoms with van der Waals surface area (Å²) in [5.41, 5.74) is 12.6. The Morgan fingerprint density at radius 3 is 0.786 bits per heavy atom. The van der Waals surface area contributed by atoms with Gasteiger partial charge in [0.1, 0.15) is 0 Å². The molecule has 20 nitrogen and oxygen atoms in total. The monoisotopic (exact) mass is 2100 g/mol. The molecule has 34 heteroatoms. The fourth-order valence-corrected chi connectivity index (χ4v) is 22.5. The summed E-state index contributed by atoms with van der Waals surface area (Å²) in [6, 6.07) is 32.0. The molecule has 4 unspecified atom stereocenters. The molecule has 8 heterocycles. The van der Waals surface area contributed by atoms with Crippen LogP contribution >= 0.6 is 108 Å². The number of hydrogen-bond acceptors (Lipinski definition) is 18. The van der Waals surface area contributed by atoms with Gasteiger partial charge in [-0.05, 0) is 176 Å². The molecule has 4 aromatic heterocycles. The molecule has 720 valence electrons. The Hall–Kier alpha value is 1.06. The zero-order chi connectivity index (χ0) is 86.7. The maximum absolute atomic E-state index is 5.51. The predicted octanol–water partition coefficient (Wildman–Crippen LogP) is 18.5. The van der Waals surface area contributed by atoms with Gasteiger partial charge in [0.25, 0.3) is 0 Å². The Kier molecular flexibility index (Phi) is 56.5. The Balaban J connectivity index is 0.000000182. The Morgan fingerprint density at radius 2 is 0.500 bits per heavy atom. The van der Waals surface area contributed by atoms with Crippen molar-refractivity contribution in [2.24, 2.45) is 0 Å². The molecule has 126 heavy (non-hydrogen) atoms. The van der Waals surface area contributed by atoms with Gasteiger partial charge in [0.15, 0.2) is 0 Å². The van der Waals surface area contributed by atoms with Crippen molar-refractivity contribution in [2.75, 3.05) is 52.4 Å². The van der Waals surface area contributed by atoms with Crippen molar-refractivity contribution in [3.05, 3.63) is 128 Å². The van der Waals surface area contributed by atoms with E-state index in [9.17, 15) is 0 Å². The second-order valence-electron chi connectivity index (χ2n) is 37.0. The van der Waals surface area contributed by atoms with E-state index < -0.39 is 0 Å². The molecule has 0 radical (unpaired) electrons. The first-order valence-corrected chi connectivity index (χ1v) is 61.1. The summed E-state index contributed by atoms with van der Waals surface area (Å²) in [5, 5.41) is 64.8. The molecule has 0 saturated heterocycles. The third kappa shape index (κ3) is 37.3. The summed E-state index contributed by atoms with van der Waals surface area (Å²) in [7, 11) is 38.4. The maximum atomic E-state index is 5.51. The van der Waals surface area contributed by atoms with Crippen LogP contribution in [0.1, 0.15) is 326 Å². The van der Waals surface area contributed by atoms with E-state index in [0.717, 1.165) is 78.5 Å². The van der Waals surface area contributed by atoms with Gasteiger partial charge in [-0.2, -0.15) is 27.0 Å². The van der Waals surface area contributed by atoms with Crippen LogP contribution < -0.4 is 74.4 Å². The Labute approximate surface area is 831 Å². The van der Waals surface area contributed by atoms with Gasteiger partial charge in [-0.3, -0.25) is 19.9 Å². The average molecular weight is 2110 g/mol. The predicted molar refractivity (Wildman–Crippen MR) is 525 cm³/mol. The van der Waals surface area contributed by atoms with Gasteiger partial charge in [-0.15, -0.1) is 12.1 Å². The van der Waals surface area contributed by atoms with Gasteiger partial charge in [0, 0.05) is 175 Å². The van der Waals surface area contributed by atoms with Crippen LogP contribution in [0.5, 0.6) is 0 Å². The van der Waals surface area contributed by atoms with Crippen LogP contribution in [-0.4, -0.2) is 169 Å². The zero-order valence-electron chi connectivity index (χ0n) is 74.9. The van der Waals surface area contributed by atoms with Crippen LogP contribution in [0.25, 0.3) is 10.6 Å². The van der Waals surface area contributed by atoms with Gasteiger partial charge >= 0.3 is 133 Å². The maximum Gasteiger partial charge on any atom is 0.0545 e. The van der Waals surface area contributed by atoms with Gasteiger partial charge in [-0.25, -0.2) is 0 Å². The molecule has 0 amide bonds. The Bertz CT molecular complexity index is 3260. The summed E-state index contributed by atoms with van der Waals surface area (Å²) >= 11 is 0.0278. The quantitative estimate of drug-likeness (QED) is 0.0731. The smallest absolute Gasteiger partial charge is 0.0545 e. The SMILES string of the molecule is C[C@@H]1N[C@@H]2CCCCC2NCCN[C@@H]2CCCC[C@H]2N[C@@H](C)c2cccc1n2.S.S.[Cl][Mn][Cl].[Cl][Mn][Cl].[Cl][Mn][Cl].[Cl][Mn][Cl].c1c2c3nc4c1CCC[C@@H]4[N-][C@@H]1CCCCC1NCCNC1CCCC[C@H]1[N-][C@H]3CCC2.c1cc2nc(c1)CN[C@@H]1CCCC[C@H]1NCCNC1CCCC[C@H]1NC2.c1cc2nc(c1)CN[C@H]1CCCC[C@@H]1NCCN[C@H]1CCCC[C@@H]1NC2. The van der Waals surface area contributed by atoms with Crippen LogP contribution in [0.2, 0.25) is 0 Å². The number of aryl methyl sites for hydroxylation is 2. The summed E-state index contributed by atoms with van der Waals surface area (Å²) in [6.45, 7) is 16.5. The molecular formula is C92H154Cl8Mn4N20S2-2. The molecule has 0 spiro atoms. The molecule has 20 atom stereocenters. The molecule has 18 rings (SSSR count). The summed E-state index contributed by atoms with van der Waals surface area (Å²) in [6.07, 6.45) is 49.1. The summed E-state index contributed by atoms with van der Waals surface area (Å²) in [4.78, 5) is 20.3. The minimum atomic E-state index is 0. The first-order chi connectivity index (χ1) is 61.0. The fraction of sp³-hybridized carbons (Fsp3) is 0.783. The second kappa shape index (κ2) is 64.3. The first kappa shape index (κ1) is 111. The minimum Gasteiger partial charge on any atom is -0.650 e. The fourth-order valence-electron chi connectivity index (χ4n) is 22.5. The number of pyridine rings is 4. The largest absolute Gasteiger partial charge is 0.650 e. The number of aromatic nitrogens is 4.